The van der Waals surface area contributed by atoms with E-state index in [1.807, 2.05) is 0 Å². The highest BCUT2D eigenvalue weighted by atomic mass is 16.5. The minimum absolute atomic E-state index is 0.0425. The van der Waals surface area contributed by atoms with Crippen LogP contribution in [0.3, 0.4) is 0 Å². The number of rotatable bonds is 17. The fourth-order valence-corrected chi connectivity index (χ4v) is 9.36. The molecule has 75 heavy (non-hydrogen) atoms. The number of nitrogens with two attached hydrogens (primary N) is 1. The van der Waals surface area contributed by atoms with E-state index in [0.29, 0.717) is 29.7 Å². The average Bonchev–Trinajstić information content (AvgIpc) is 3.87. The summed E-state index contributed by atoms with van der Waals surface area (Å²) in [5, 5.41) is 45.6. The van der Waals surface area contributed by atoms with Gasteiger partial charge in [0.15, 0.2) is 0 Å². The van der Waals surface area contributed by atoms with Crippen molar-refractivity contribution in [1.82, 2.24) is 41.3 Å². The summed E-state index contributed by atoms with van der Waals surface area (Å²) >= 11 is 0. The van der Waals surface area contributed by atoms with Crippen LogP contribution in [0.15, 0.2) is 48.5 Å². The minimum Gasteiger partial charge on any atom is -0.508 e. The number of hydrogen-bond acceptors (Lipinski definition) is 15. The van der Waals surface area contributed by atoms with E-state index in [4.69, 9.17) is 15.2 Å². The number of likely N-dealkylation sites (tertiary alicyclic amines) is 1. The third kappa shape index (κ3) is 15.1. The number of amides is 9. The van der Waals surface area contributed by atoms with Crippen molar-refractivity contribution in [3.63, 3.8) is 0 Å². The second kappa shape index (κ2) is 26.7. The van der Waals surface area contributed by atoms with Gasteiger partial charge in [-0.2, -0.15) is 0 Å². The number of nitrogens with one attached hydrogen (secondary N) is 5. The highest BCUT2D eigenvalue weighted by molar-refractivity contribution is 5.99. The van der Waals surface area contributed by atoms with Crippen LogP contribution in [0.5, 0.6) is 11.5 Å². The normalized spacial score (nSPS) is 26.5. The lowest BCUT2D eigenvalue weighted by molar-refractivity contribution is -0.170. The number of aromatic hydroxyl groups is 1. The molecule has 2 aromatic rings. The van der Waals surface area contributed by atoms with Crippen LogP contribution in [0, 0.1) is 5.92 Å². The quantitative estimate of drug-likeness (QED) is 0.0636. The Morgan fingerprint density at radius 3 is 2.20 bits per heavy atom. The van der Waals surface area contributed by atoms with E-state index in [-0.39, 0.29) is 63.7 Å². The van der Waals surface area contributed by atoms with Gasteiger partial charge in [0.25, 0.3) is 0 Å². The Bertz CT molecular complexity index is 2390. The van der Waals surface area contributed by atoms with Crippen molar-refractivity contribution in [1.29, 1.82) is 0 Å². The number of esters is 1. The molecule has 2 aromatic carbocycles. The molecule has 3 saturated heterocycles. The zero-order valence-corrected chi connectivity index (χ0v) is 43.1. The predicted molar refractivity (Wildman–Crippen MR) is 266 cm³/mol. The molecule has 0 spiro atoms. The van der Waals surface area contributed by atoms with Gasteiger partial charge in [-0.1, -0.05) is 44.5 Å². The average molecular weight is 1050 g/mol. The van der Waals surface area contributed by atoms with Crippen LogP contribution in [-0.2, 0) is 65.5 Å². The molecule has 3 aliphatic heterocycles. The van der Waals surface area contributed by atoms with E-state index < -0.39 is 132 Å². The van der Waals surface area contributed by atoms with E-state index in [9.17, 15) is 63.3 Å². The van der Waals surface area contributed by atoms with Gasteiger partial charge >= 0.3 is 5.97 Å². The summed E-state index contributed by atoms with van der Waals surface area (Å²) < 4.78 is 11.2. The molecule has 0 radical (unpaired) electrons. The number of hydrogen-bond donors (Lipinski definition) is 9. The first-order chi connectivity index (χ1) is 35.6. The molecule has 0 aliphatic carbocycles. The Morgan fingerprint density at radius 1 is 0.920 bits per heavy atom. The molecule has 24 nitrogen and oxygen atoms in total. The van der Waals surface area contributed by atoms with Gasteiger partial charge in [0.2, 0.25) is 53.7 Å². The minimum atomic E-state index is -1.88. The Kier molecular flexibility index (Phi) is 20.9. The molecule has 3 fully saturated rings. The summed E-state index contributed by atoms with van der Waals surface area (Å²) in [6, 6.07) is 0.423. The Morgan fingerprint density at radius 2 is 1.59 bits per heavy atom. The van der Waals surface area contributed by atoms with Gasteiger partial charge in [0, 0.05) is 26.4 Å². The number of aliphatic hydroxyl groups excluding tert-OH is 2. The number of phenols is 1. The number of benzene rings is 2. The van der Waals surface area contributed by atoms with Crippen molar-refractivity contribution in [2.24, 2.45) is 11.7 Å². The molecule has 410 valence electrons. The first-order valence-electron chi connectivity index (χ1n) is 25.2. The van der Waals surface area contributed by atoms with E-state index in [1.54, 1.807) is 50.2 Å². The van der Waals surface area contributed by atoms with Crippen molar-refractivity contribution in [2.75, 3.05) is 20.7 Å². The Balaban J connectivity index is 1.62. The molecule has 24 heteroatoms. The smallest absolute Gasteiger partial charge is 0.329 e. The van der Waals surface area contributed by atoms with E-state index in [2.05, 4.69) is 26.6 Å². The first kappa shape index (κ1) is 58.5. The summed E-state index contributed by atoms with van der Waals surface area (Å²) in [6.07, 6.45) is -4.79. The number of piperidine rings is 1. The number of nitrogens with zero attached hydrogens (tertiary/aromatic N) is 3. The van der Waals surface area contributed by atoms with Gasteiger partial charge in [0.05, 0.1) is 13.2 Å². The fraction of sp³-hybridized carbons (Fsp3) is 0.569. The first-order valence-corrected chi connectivity index (χ1v) is 25.2. The molecule has 9 amide bonds. The number of methoxy groups -OCH3 is 1. The van der Waals surface area contributed by atoms with E-state index in [1.165, 1.54) is 45.0 Å². The number of carbonyl (C=O) groups is 10. The standard InChI is InChI=1S/C51H71N9O15/c1-7-27(2)41-51(73)75-29(4)42(57-45(67)35(20-22-39(52)64)53-46(68)37-9-8-24-59(37)26-61)48(70)54-34(19-14-30-10-15-32(63)16-11-30)44(66)55-36-21-23-40(65)60(49(36)71)43(28(3)62)50(72)58(5)38(47(69)56-41)25-31-12-17-33(74-6)18-13-31/h10-13,15-18,26-29,34-38,40-43,62-63,65H,7-9,14,19-25H2,1-6H3,(H2,52,64)(H,53,68)(H,54,70)(H,55,66)(H,56,69)(H,57,67)/t27-,28+,29+,34-,35-,36-,37-,38?,40+,41-,42-,43-/m0/s1. The molecular formula is C51H71N9O15. The molecule has 5 rings (SSSR count). The summed E-state index contributed by atoms with van der Waals surface area (Å²) in [7, 11) is 2.73. The molecule has 3 heterocycles. The molecule has 0 saturated carbocycles. The van der Waals surface area contributed by atoms with Crippen LogP contribution in [0.4, 0.5) is 0 Å². The van der Waals surface area contributed by atoms with E-state index >= 15 is 0 Å². The van der Waals surface area contributed by atoms with Crippen LogP contribution >= 0.6 is 0 Å². The lowest BCUT2D eigenvalue weighted by Gasteiger charge is -2.43. The van der Waals surface area contributed by atoms with Crippen LogP contribution in [0.25, 0.3) is 0 Å². The van der Waals surface area contributed by atoms with Gasteiger partial charge in [0.1, 0.15) is 72.2 Å². The molecule has 10 N–H and O–H groups in total. The number of aryl methyl sites for hydroxylation is 1. The topological polar surface area (TPSA) is 346 Å². The van der Waals surface area contributed by atoms with Crippen LogP contribution in [0.2, 0.25) is 0 Å². The number of fused-ring (bicyclic) bond motifs is 2. The predicted octanol–water partition coefficient (Wildman–Crippen LogP) is -1.60. The van der Waals surface area contributed by atoms with Gasteiger partial charge in [-0.3, -0.25) is 43.2 Å². The second-order valence-electron chi connectivity index (χ2n) is 19.4. The molecule has 0 aromatic heterocycles. The maximum atomic E-state index is 14.8. The number of aliphatic hydroxyl groups is 2. The maximum absolute atomic E-state index is 14.8. The van der Waals surface area contributed by atoms with E-state index in [0.717, 1.165) is 9.80 Å². The van der Waals surface area contributed by atoms with Crippen molar-refractivity contribution in [3.05, 3.63) is 59.7 Å². The summed E-state index contributed by atoms with van der Waals surface area (Å²) in [4.78, 5) is 143. The molecular weight excluding hydrogens is 979 g/mol. The molecule has 1 unspecified atom stereocenters. The SMILES string of the molecule is CC[C@H](C)[C@@H]1NC(=O)C(Cc2ccc(OC)cc2)N(C)C(=O)[C@H]([C@@H](C)O)N2C(=O)[C@H](CC[C@H]2O)NC(=O)[C@H](CCc2ccc(O)cc2)NC(=O)[C@@H](NC(=O)[C@H](CCC(N)=O)NC(=O)[C@@H]2CCCN2C=O)[C@@H](C)OC1=O. The Labute approximate surface area is 434 Å². The number of ether oxygens (including phenoxy) is 2. The van der Waals surface area contributed by atoms with Gasteiger partial charge < -0.3 is 71.8 Å². The number of phenolic OH excluding ortho intramolecular Hbond substituents is 1. The molecule has 3 aliphatic rings. The Hall–Kier alpha value is -7.34. The van der Waals surface area contributed by atoms with Crippen molar-refractivity contribution < 1.29 is 72.7 Å². The zero-order chi connectivity index (χ0) is 55.3. The lowest BCUT2D eigenvalue weighted by atomic mass is 9.96. The highest BCUT2D eigenvalue weighted by Gasteiger charge is 2.47. The summed E-state index contributed by atoms with van der Waals surface area (Å²) in [5.74, 6) is -8.79. The van der Waals surface area contributed by atoms with Gasteiger partial charge in [-0.25, -0.2) is 4.79 Å². The molecule has 12 atom stereocenters. The number of likely N-dealkylation sites (N-methyl/N-ethyl adjacent to an activating group) is 1. The molecule has 2 bridgehead atoms. The largest absolute Gasteiger partial charge is 0.508 e. The maximum Gasteiger partial charge on any atom is 0.329 e. The fourth-order valence-electron chi connectivity index (χ4n) is 9.36. The van der Waals surface area contributed by atoms with Crippen molar-refractivity contribution >= 4 is 59.6 Å². The van der Waals surface area contributed by atoms with Crippen LogP contribution in [-0.4, -0.2) is 177 Å². The lowest BCUT2D eigenvalue weighted by Crippen LogP contribution is -2.67. The third-order valence-electron chi connectivity index (χ3n) is 14.1. The highest BCUT2D eigenvalue weighted by Crippen LogP contribution is 2.26. The van der Waals surface area contributed by atoms with Crippen LogP contribution < -0.4 is 37.1 Å². The zero-order valence-electron chi connectivity index (χ0n) is 43.1. The van der Waals surface area contributed by atoms with Crippen molar-refractivity contribution in [2.45, 2.75) is 159 Å². The number of cyclic esters (lactones) is 1. The van der Waals surface area contributed by atoms with Crippen molar-refractivity contribution in [3.8, 4) is 11.5 Å². The number of carbonyl (C=O) groups excluding carboxylic acids is 10. The summed E-state index contributed by atoms with van der Waals surface area (Å²) in [5.41, 5.74) is 6.57. The third-order valence-corrected chi connectivity index (χ3v) is 14.1. The monoisotopic (exact) mass is 1050 g/mol. The van der Waals surface area contributed by atoms with Crippen LogP contribution in [0.1, 0.15) is 90.2 Å². The summed E-state index contributed by atoms with van der Waals surface area (Å²) in [6.45, 7) is 6.12. The second-order valence-corrected chi connectivity index (χ2v) is 19.4. The van der Waals surface area contributed by atoms with Gasteiger partial charge in [-0.05, 0) is 100 Å². The number of primary amides is 1. The van der Waals surface area contributed by atoms with Gasteiger partial charge in [-0.15, -0.1) is 0 Å².